The quantitative estimate of drug-likeness (QED) is 0.578. The number of halogens is 1. The summed E-state index contributed by atoms with van der Waals surface area (Å²) in [6.45, 7) is 5.37. The minimum atomic E-state index is -2.92. The van der Waals surface area contributed by atoms with Crippen LogP contribution in [-0.4, -0.2) is 76.1 Å². The third-order valence-corrected chi connectivity index (χ3v) is 9.45. The maximum atomic E-state index is 12.0. The second kappa shape index (κ2) is 7.20. The first-order chi connectivity index (χ1) is 15.3. The number of hydrogen-bond donors (Lipinski definition) is 0. The molecule has 10 heteroatoms. The molecule has 4 heterocycles. The smallest absolute Gasteiger partial charge is 0.152 e. The highest BCUT2D eigenvalue weighted by Crippen LogP contribution is 2.36. The van der Waals surface area contributed by atoms with Crippen molar-refractivity contribution in [2.24, 2.45) is 0 Å². The summed E-state index contributed by atoms with van der Waals surface area (Å²) in [7, 11) is -2.92. The van der Waals surface area contributed by atoms with Gasteiger partial charge in [-0.25, -0.2) is 13.1 Å². The van der Waals surface area contributed by atoms with E-state index < -0.39 is 9.84 Å². The first-order valence-electron chi connectivity index (χ1n) is 11.2. The molecule has 1 aliphatic carbocycles. The Bertz CT molecular complexity index is 1290. The molecule has 2 aliphatic heterocycles. The summed E-state index contributed by atoms with van der Waals surface area (Å²) in [6, 6.07) is 4.64. The molecule has 32 heavy (non-hydrogen) atoms. The van der Waals surface area contributed by atoms with E-state index in [-0.39, 0.29) is 11.3 Å². The molecule has 1 saturated carbocycles. The van der Waals surface area contributed by atoms with Crippen LogP contribution >= 0.6 is 11.6 Å². The number of benzene rings is 1. The molecule has 0 spiro atoms. The van der Waals surface area contributed by atoms with Gasteiger partial charge in [-0.05, 0) is 38.3 Å². The first kappa shape index (κ1) is 20.5. The standard InChI is InChI=1S/C22H27ClN6O2S/c1-22(4-9-32(30,31)15-22)27-7-5-26(6-8-27)21-11-20-16(10-19(21)23)12-25-29(20)18-13-24-28(14-18)17-2-3-17/h10-14,17H,2-9,15H2,1H3/t22-/m1/s1. The van der Waals surface area contributed by atoms with Gasteiger partial charge < -0.3 is 4.90 Å². The molecule has 6 rings (SSSR count). The van der Waals surface area contributed by atoms with Crippen LogP contribution in [0.2, 0.25) is 5.02 Å². The van der Waals surface area contributed by atoms with Gasteiger partial charge in [0.25, 0.3) is 0 Å². The van der Waals surface area contributed by atoms with Gasteiger partial charge >= 0.3 is 0 Å². The number of sulfone groups is 1. The van der Waals surface area contributed by atoms with E-state index in [1.54, 1.807) is 0 Å². The second-order valence-electron chi connectivity index (χ2n) is 9.64. The van der Waals surface area contributed by atoms with Gasteiger partial charge in [0.15, 0.2) is 9.84 Å². The molecule has 3 fully saturated rings. The fourth-order valence-corrected chi connectivity index (χ4v) is 7.65. The number of fused-ring (bicyclic) bond motifs is 1. The van der Waals surface area contributed by atoms with Crippen LogP contribution in [0, 0.1) is 0 Å². The lowest BCUT2D eigenvalue weighted by molar-refractivity contribution is 0.118. The molecule has 0 N–H and O–H groups in total. The predicted molar refractivity (Wildman–Crippen MR) is 126 cm³/mol. The monoisotopic (exact) mass is 474 g/mol. The molecule has 2 aromatic heterocycles. The molecule has 8 nitrogen and oxygen atoms in total. The summed E-state index contributed by atoms with van der Waals surface area (Å²) in [5, 5.41) is 10.8. The van der Waals surface area contributed by atoms with Crippen molar-refractivity contribution in [3.8, 4) is 5.69 Å². The highest BCUT2D eigenvalue weighted by molar-refractivity contribution is 7.91. The van der Waals surface area contributed by atoms with E-state index in [1.807, 2.05) is 27.8 Å². The zero-order valence-electron chi connectivity index (χ0n) is 18.1. The summed E-state index contributed by atoms with van der Waals surface area (Å²) < 4.78 is 28.0. The minimum absolute atomic E-state index is 0.251. The maximum Gasteiger partial charge on any atom is 0.152 e. The summed E-state index contributed by atoms with van der Waals surface area (Å²) in [4.78, 5) is 4.65. The van der Waals surface area contributed by atoms with Crippen molar-refractivity contribution >= 4 is 38.0 Å². The molecule has 3 aliphatic rings. The lowest BCUT2D eigenvalue weighted by atomic mass is 9.98. The number of aromatic nitrogens is 4. The number of hydrogen-bond acceptors (Lipinski definition) is 6. The molecule has 0 unspecified atom stereocenters. The molecule has 0 bridgehead atoms. The van der Waals surface area contributed by atoms with E-state index in [4.69, 9.17) is 11.6 Å². The van der Waals surface area contributed by atoms with Gasteiger partial charge in [0.1, 0.15) is 5.69 Å². The molecule has 1 atom stereocenters. The number of piperazine rings is 1. The van der Waals surface area contributed by atoms with Gasteiger partial charge in [-0.15, -0.1) is 0 Å². The summed E-state index contributed by atoms with van der Waals surface area (Å²) in [6.07, 6.45) is 8.88. The van der Waals surface area contributed by atoms with Crippen LogP contribution in [0.4, 0.5) is 5.69 Å². The highest BCUT2D eigenvalue weighted by atomic mass is 35.5. The van der Waals surface area contributed by atoms with Crippen molar-refractivity contribution in [3.63, 3.8) is 0 Å². The van der Waals surface area contributed by atoms with Crippen LogP contribution < -0.4 is 4.90 Å². The Balaban J connectivity index is 1.25. The van der Waals surface area contributed by atoms with Crippen LogP contribution in [0.3, 0.4) is 0 Å². The van der Waals surface area contributed by atoms with Gasteiger partial charge in [0.05, 0.1) is 52.4 Å². The van der Waals surface area contributed by atoms with Gasteiger partial charge in [-0.2, -0.15) is 10.2 Å². The molecule has 1 aromatic carbocycles. The zero-order valence-corrected chi connectivity index (χ0v) is 19.7. The van der Waals surface area contributed by atoms with Gasteiger partial charge in [-0.3, -0.25) is 9.58 Å². The van der Waals surface area contributed by atoms with E-state index in [2.05, 4.69) is 39.2 Å². The second-order valence-corrected chi connectivity index (χ2v) is 12.2. The summed E-state index contributed by atoms with van der Waals surface area (Å²) in [5.41, 5.74) is 2.72. The first-order valence-corrected chi connectivity index (χ1v) is 13.4. The Hall–Kier alpha value is -2.10. The number of anilines is 1. The third-order valence-electron chi connectivity index (χ3n) is 7.26. The van der Waals surface area contributed by atoms with Gasteiger partial charge in [0.2, 0.25) is 0 Å². The van der Waals surface area contributed by atoms with E-state index in [9.17, 15) is 8.42 Å². The maximum absolute atomic E-state index is 12.0. The lowest BCUT2D eigenvalue weighted by Gasteiger charge is -2.44. The Morgan fingerprint density at radius 3 is 2.56 bits per heavy atom. The van der Waals surface area contributed by atoms with Crippen molar-refractivity contribution in [1.29, 1.82) is 0 Å². The Kier molecular flexibility index (Phi) is 4.61. The zero-order chi connectivity index (χ0) is 22.1. The Morgan fingerprint density at radius 1 is 1.09 bits per heavy atom. The molecular weight excluding hydrogens is 448 g/mol. The topological polar surface area (TPSA) is 76.3 Å². The van der Waals surface area contributed by atoms with E-state index in [1.165, 1.54) is 12.8 Å². The molecule has 170 valence electrons. The van der Waals surface area contributed by atoms with Crippen molar-refractivity contribution < 1.29 is 8.42 Å². The normalized spacial score (nSPS) is 26.2. The van der Waals surface area contributed by atoms with E-state index >= 15 is 0 Å². The number of nitrogens with zero attached hydrogens (tertiary/aromatic N) is 6. The lowest BCUT2D eigenvalue weighted by Crippen LogP contribution is -2.56. The minimum Gasteiger partial charge on any atom is -0.368 e. The molecule has 0 radical (unpaired) electrons. The van der Waals surface area contributed by atoms with Crippen LogP contribution in [0.5, 0.6) is 0 Å². The van der Waals surface area contributed by atoms with Crippen molar-refractivity contribution in [2.75, 3.05) is 42.6 Å². The molecule has 0 amide bonds. The van der Waals surface area contributed by atoms with Crippen molar-refractivity contribution in [1.82, 2.24) is 24.5 Å². The van der Waals surface area contributed by atoms with E-state index in [0.717, 1.165) is 54.9 Å². The Morgan fingerprint density at radius 2 is 1.88 bits per heavy atom. The van der Waals surface area contributed by atoms with Crippen LogP contribution in [0.15, 0.2) is 30.7 Å². The van der Waals surface area contributed by atoms with Gasteiger partial charge in [0, 0.05) is 37.1 Å². The SMILES string of the molecule is C[C@@]1(N2CCN(c3cc4c(cnn4-c4cnn(C5CC5)c4)cc3Cl)CC2)CCS(=O)(=O)C1. The molecule has 3 aromatic rings. The summed E-state index contributed by atoms with van der Waals surface area (Å²) >= 11 is 6.69. The van der Waals surface area contributed by atoms with Crippen LogP contribution in [0.1, 0.15) is 32.2 Å². The predicted octanol–water partition coefficient (Wildman–Crippen LogP) is 2.91. The highest BCUT2D eigenvalue weighted by Gasteiger charge is 2.43. The fraction of sp³-hybridized carbons (Fsp3) is 0.545. The average Bonchev–Trinajstić information content (AvgIpc) is 3.23. The van der Waals surface area contributed by atoms with Crippen molar-refractivity contribution in [2.45, 2.75) is 37.8 Å². The largest absolute Gasteiger partial charge is 0.368 e. The summed E-state index contributed by atoms with van der Waals surface area (Å²) in [5.74, 6) is 0.563. The van der Waals surface area contributed by atoms with Gasteiger partial charge in [-0.1, -0.05) is 11.6 Å². The average molecular weight is 475 g/mol. The Labute approximate surface area is 192 Å². The molecular formula is C22H27ClN6O2S. The number of rotatable bonds is 4. The third kappa shape index (κ3) is 3.50. The molecule has 2 saturated heterocycles. The van der Waals surface area contributed by atoms with E-state index in [0.29, 0.717) is 16.8 Å². The van der Waals surface area contributed by atoms with Crippen LogP contribution in [0.25, 0.3) is 16.6 Å². The van der Waals surface area contributed by atoms with Crippen molar-refractivity contribution in [3.05, 3.63) is 35.7 Å². The van der Waals surface area contributed by atoms with Crippen LogP contribution in [-0.2, 0) is 9.84 Å². The fourth-order valence-electron chi connectivity index (χ4n) is 5.19.